The summed E-state index contributed by atoms with van der Waals surface area (Å²) < 4.78 is 19.9. The zero-order chi connectivity index (χ0) is 22.5. The highest BCUT2D eigenvalue weighted by atomic mass is 32.2. The Morgan fingerprint density at radius 2 is 1.94 bits per heavy atom. The molecule has 0 radical (unpaired) electrons. The van der Waals surface area contributed by atoms with Crippen molar-refractivity contribution < 1.29 is 13.9 Å². The quantitative estimate of drug-likeness (QED) is 0.371. The van der Waals surface area contributed by atoms with E-state index >= 15 is 0 Å². The van der Waals surface area contributed by atoms with Crippen molar-refractivity contribution in [1.29, 1.82) is 0 Å². The summed E-state index contributed by atoms with van der Waals surface area (Å²) in [6.07, 6.45) is 2.34. The lowest BCUT2D eigenvalue weighted by atomic mass is 10.1. The van der Waals surface area contributed by atoms with Gasteiger partial charge in [0.05, 0.1) is 5.75 Å². The molecular formula is C23H26FN5O2S. The molecule has 3 aromatic rings. The molecule has 2 N–H and O–H groups in total. The summed E-state index contributed by atoms with van der Waals surface area (Å²) >= 11 is 1.26. The molecule has 1 fully saturated rings. The van der Waals surface area contributed by atoms with Crippen LogP contribution in [0.3, 0.4) is 0 Å². The maximum atomic E-state index is 13.1. The van der Waals surface area contributed by atoms with Crippen LogP contribution in [0.2, 0.25) is 0 Å². The summed E-state index contributed by atoms with van der Waals surface area (Å²) in [5, 5.41) is 8.58. The Morgan fingerprint density at radius 1 is 1.22 bits per heavy atom. The molecule has 0 spiro atoms. The van der Waals surface area contributed by atoms with Crippen LogP contribution in [0.15, 0.2) is 59.8 Å². The summed E-state index contributed by atoms with van der Waals surface area (Å²) in [4.78, 5) is 15.1. The molecule has 1 unspecified atom stereocenters. The molecule has 9 heteroatoms. The number of nitrogens with zero attached hydrogens (tertiary/aromatic N) is 4. The van der Waals surface area contributed by atoms with Gasteiger partial charge in [0.1, 0.15) is 18.2 Å². The number of nitrogens with two attached hydrogens (primary N) is 1. The van der Waals surface area contributed by atoms with E-state index in [1.807, 2.05) is 35.2 Å². The first-order chi connectivity index (χ1) is 15.5. The Kier molecular flexibility index (Phi) is 6.94. The molecular weight excluding hydrogens is 429 g/mol. The number of carbonyl (C=O) groups is 1. The predicted octanol–water partition coefficient (Wildman–Crippen LogP) is 3.63. The summed E-state index contributed by atoms with van der Waals surface area (Å²) in [5.41, 5.74) is 1.11. The number of hydrogen-bond acceptors (Lipinski definition) is 6. The SMILES string of the molecule is CC(C1CC1)N(Cc1ccccc1)C(=O)CSc1nnc(COc2ccc(F)cc2)n1N. The van der Waals surface area contributed by atoms with Gasteiger partial charge < -0.3 is 15.5 Å². The highest BCUT2D eigenvalue weighted by Crippen LogP contribution is 2.36. The normalized spacial score (nSPS) is 14.2. The van der Waals surface area contributed by atoms with E-state index in [1.165, 1.54) is 53.5 Å². The number of amides is 1. The monoisotopic (exact) mass is 455 g/mol. The lowest BCUT2D eigenvalue weighted by Gasteiger charge is -2.29. The van der Waals surface area contributed by atoms with Crippen molar-refractivity contribution in [2.45, 2.75) is 44.1 Å². The number of nitrogen functional groups attached to an aromatic ring is 1. The summed E-state index contributed by atoms with van der Waals surface area (Å²) in [5.74, 6) is 7.52. The van der Waals surface area contributed by atoms with Crippen LogP contribution in [0.5, 0.6) is 5.75 Å². The maximum Gasteiger partial charge on any atom is 0.233 e. The summed E-state index contributed by atoms with van der Waals surface area (Å²) in [6.45, 7) is 2.80. The van der Waals surface area contributed by atoms with Gasteiger partial charge in [0, 0.05) is 12.6 Å². The van der Waals surface area contributed by atoms with Gasteiger partial charge in [0.25, 0.3) is 0 Å². The second-order valence-electron chi connectivity index (χ2n) is 7.89. The molecule has 0 saturated heterocycles. The number of aromatic nitrogens is 3. The van der Waals surface area contributed by atoms with Crippen LogP contribution in [-0.2, 0) is 17.9 Å². The molecule has 1 aliphatic carbocycles. The molecule has 1 aliphatic rings. The number of benzene rings is 2. The second-order valence-corrected chi connectivity index (χ2v) is 8.83. The predicted molar refractivity (Wildman–Crippen MR) is 121 cm³/mol. The average molecular weight is 456 g/mol. The molecule has 1 amide bonds. The van der Waals surface area contributed by atoms with Crippen LogP contribution in [0.25, 0.3) is 0 Å². The van der Waals surface area contributed by atoms with Gasteiger partial charge in [0.15, 0.2) is 5.82 Å². The van der Waals surface area contributed by atoms with Gasteiger partial charge in [-0.05, 0) is 55.5 Å². The lowest BCUT2D eigenvalue weighted by molar-refractivity contribution is -0.131. The van der Waals surface area contributed by atoms with Crippen molar-refractivity contribution in [3.63, 3.8) is 0 Å². The van der Waals surface area contributed by atoms with Gasteiger partial charge in [0.2, 0.25) is 11.1 Å². The van der Waals surface area contributed by atoms with Crippen molar-refractivity contribution in [3.05, 3.63) is 71.8 Å². The number of halogens is 1. The van der Waals surface area contributed by atoms with Crippen LogP contribution < -0.4 is 10.6 Å². The largest absolute Gasteiger partial charge is 0.486 e. The van der Waals surface area contributed by atoms with Gasteiger partial charge >= 0.3 is 0 Å². The van der Waals surface area contributed by atoms with Gasteiger partial charge in [-0.3, -0.25) is 4.79 Å². The smallest absolute Gasteiger partial charge is 0.233 e. The van der Waals surface area contributed by atoms with E-state index in [9.17, 15) is 9.18 Å². The van der Waals surface area contributed by atoms with Crippen molar-refractivity contribution in [3.8, 4) is 5.75 Å². The molecule has 0 aliphatic heterocycles. The molecule has 1 atom stereocenters. The molecule has 168 valence electrons. The zero-order valence-electron chi connectivity index (χ0n) is 17.9. The fraction of sp³-hybridized carbons (Fsp3) is 0.348. The van der Waals surface area contributed by atoms with E-state index in [4.69, 9.17) is 10.6 Å². The van der Waals surface area contributed by atoms with Crippen molar-refractivity contribution in [1.82, 2.24) is 19.8 Å². The third-order valence-corrected chi connectivity index (χ3v) is 6.48. The molecule has 2 aromatic carbocycles. The third kappa shape index (κ3) is 5.59. The van der Waals surface area contributed by atoms with E-state index in [1.54, 1.807) is 0 Å². The van der Waals surface area contributed by atoms with E-state index < -0.39 is 0 Å². The van der Waals surface area contributed by atoms with Crippen LogP contribution in [-0.4, -0.2) is 37.5 Å². The van der Waals surface area contributed by atoms with Crippen LogP contribution in [0.1, 0.15) is 31.2 Å². The van der Waals surface area contributed by atoms with E-state index in [-0.39, 0.29) is 30.1 Å². The fourth-order valence-electron chi connectivity index (χ4n) is 3.46. The first-order valence-corrected chi connectivity index (χ1v) is 11.5. The van der Waals surface area contributed by atoms with Crippen LogP contribution in [0, 0.1) is 11.7 Å². The maximum absolute atomic E-state index is 13.1. The molecule has 1 saturated carbocycles. The Labute approximate surface area is 190 Å². The van der Waals surface area contributed by atoms with Crippen molar-refractivity contribution in [2.75, 3.05) is 11.6 Å². The Hall–Kier alpha value is -3.07. The molecule has 32 heavy (non-hydrogen) atoms. The first kappa shape index (κ1) is 22.1. The first-order valence-electron chi connectivity index (χ1n) is 10.5. The van der Waals surface area contributed by atoms with E-state index in [2.05, 4.69) is 17.1 Å². The number of carbonyl (C=O) groups excluding carboxylic acids is 1. The standard InChI is InChI=1S/C23H26FN5O2S/c1-16(18-7-8-18)28(13-17-5-3-2-4-6-17)22(30)15-32-23-27-26-21(29(23)25)14-31-20-11-9-19(24)10-12-20/h2-6,9-12,16,18H,7-8,13-15,25H2,1H3. The Bertz CT molecular complexity index is 1040. The number of thioether (sulfide) groups is 1. The van der Waals surface area contributed by atoms with Gasteiger partial charge in [-0.15, -0.1) is 10.2 Å². The average Bonchev–Trinajstić information content (AvgIpc) is 3.60. The molecule has 1 aromatic heterocycles. The summed E-state index contributed by atoms with van der Waals surface area (Å²) in [6, 6.07) is 15.9. The van der Waals surface area contributed by atoms with Crippen LogP contribution in [0.4, 0.5) is 4.39 Å². The molecule has 7 nitrogen and oxygen atoms in total. The Balaban J connectivity index is 1.36. The van der Waals surface area contributed by atoms with Crippen LogP contribution >= 0.6 is 11.8 Å². The van der Waals surface area contributed by atoms with Gasteiger partial charge in [-0.25, -0.2) is 9.07 Å². The minimum absolute atomic E-state index is 0.0466. The lowest BCUT2D eigenvalue weighted by Crippen LogP contribution is -2.40. The third-order valence-electron chi connectivity index (χ3n) is 5.55. The topological polar surface area (TPSA) is 86.3 Å². The molecule has 1 heterocycles. The number of rotatable bonds is 10. The van der Waals surface area contributed by atoms with Gasteiger partial charge in [-0.2, -0.15) is 0 Å². The highest BCUT2D eigenvalue weighted by Gasteiger charge is 2.34. The van der Waals surface area contributed by atoms with Crippen molar-refractivity contribution >= 4 is 17.7 Å². The fourth-order valence-corrected chi connectivity index (χ4v) is 4.23. The van der Waals surface area contributed by atoms with E-state index in [0.29, 0.717) is 29.2 Å². The molecule has 4 rings (SSSR count). The van der Waals surface area contributed by atoms with E-state index in [0.717, 1.165) is 5.56 Å². The Morgan fingerprint density at radius 3 is 2.62 bits per heavy atom. The summed E-state index contributed by atoms with van der Waals surface area (Å²) in [7, 11) is 0. The minimum atomic E-state index is -0.333. The highest BCUT2D eigenvalue weighted by molar-refractivity contribution is 7.99. The number of hydrogen-bond donors (Lipinski definition) is 1. The van der Waals surface area contributed by atoms with Gasteiger partial charge in [-0.1, -0.05) is 42.1 Å². The molecule has 0 bridgehead atoms. The van der Waals surface area contributed by atoms with Crippen molar-refractivity contribution in [2.24, 2.45) is 5.92 Å². The zero-order valence-corrected chi connectivity index (χ0v) is 18.7. The minimum Gasteiger partial charge on any atom is -0.486 e. The second kappa shape index (κ2) is 10.0. The number of ether oxygens (including phenoxy) is 1.